The Balaban J connectivity index is 2.88. The Morgan fingerprint density at radius 2 is 2.00 bits per heavy atom. The fraction of sp³-hybridized carbons (Fsp3) is 0.556. The van der Waals surface area contributed by atoms with E-state index in [1.807, 2.05) is 20.8 Å². The number of hydrogen-bond acceptors (Lipinski definition) is 4. The molecule has 0 bridgehead atoms. The van der Waals surface area contributed by atoms with Crippen molar-refractivity contribution in [2.24, 2.45) is 0 Å². The van der Waals surface area contributed by atoms with Crippen LogP contribution in [0.3, 0.4) is 0 Å². The lowest BCUT2D eigenvalue weighted by molar-refractivity contribution is 0.227. The molecule has 1 rings (SSSR count). The monoisotopic (exact) mass is 182 g/mol. The van der Waals surface area contributed by atoms with Crippen LogP contribution in [0.15, 0.2) is 6.07 Å². The van der Waals surface area contributed by atoms with E-state index in [0.29, 0.717) is 11.9 Å². The molecule has 0 aliphatic heterocycles. The lowest BCUT2D eigenvalue weighted by Crippen LogP contribution is -2.08. The number of aromatic nitrogens is 2. The van der Waals surface area contributed by atoms with Crippen LogP contribution in [0.25, 0.3) is 0 Å². The summed E-state index contributed by atoms with van der Waals surface area (Å²) in [6.45, 7) is 5.77. The van der Waals surface area contributed by atoms with E-state index in [9.17, 15) is 0 Å². The Kier molecular flexibility index (Phi) is 3.06. The van der Waals surface area contributed by atoms with Crippen molar-refractivity contribution < 1.29 is 9.47 Å². The zero-order chi connectivity index (χ0) is 9.84. The van der Waals surface area contributed by atoms with Gasteiger partial charge in [0.1, 0.15) is 0 Å². The van der Waals surface area contributed by atoms with Crippen LogP contribution >= 0.6 is 0 Å². The summed E-state index contributed by atoms with van der Waals surface area (Å²) in [6, 6.07) is 2.12. The van der Waals surface area contributed by atoms with Gasteiger partial charge in [-0.3, -0.25) is 0 Å². The predicted octanol–water partition coefficient (Wildman–Crippen LogP) is 1.58. The van der Waals surface area contributed by atoms with Crippen LogP contribution in [-0.2, 0) is 0 Å². The first-order chi connectivity index (χ1) is 6.11. The number of ether oxygens (including phenoxy) is 2. The number of nitrogens with zero attached hydrogens (tertiary/aromatic N) is 2. The van der Waals surface area contributed by atoms with Crippen molar-refractivity contribution >= 4 is 0 Å². The van der Waals surface area contributed by atoms with Gasteiger partial charge in [0, 0.05) is 11.8 Å². The topological polar surface area (TPSA) is 44.2 Å². The molecule has 4 nitrogen and oxygen atoms in total. The zero-order valence-corrected chi connectivity index (χ0v) is 8.37. The molecule has 0 N–H and O–H groups in total. The first kappa shape index (κ1) is 9.77. The van der Waals surface area contributed by atoms with E-state index >= 15 is 0 Å². The SMILES string of the molecule is COc1nc(C)cc(OC(C)C)n1. The van der Waals surface area contributed by atoms with Crippen molar-refractivity contribution in [1.82, 2.24) is 9.97 Å². The lowest BCUT2D eigenvalue weighted by Gasteiger charge is -2.09. The molecular weight excluding hydrogens is 168 g/mol. The van der Waals surface area contributed by atoms with E-state index in [-0.39, 0.29) is 6.10 Å². The van der Waals surface area contributed by atoms with Crippen LogP contribution in [0.2, 0.25) is 0 Å². The molecular formula is C9H14N2O2. The summed E-state index contributed by atoms with van der Waals surface area (Å²) in [4.78, 5) is 8.08. The van der Waals surface area contributed by atoms with Crippen molar-refractivity contribution in [3.63, 3.8) is 0 Å². The predicted molar refractivity (Wildman–Crippen MR) is 49.1 cm³/mol. The van der Waals surface area contributed by atoms with Gasteiger partial charge in [-0.25, -0.2) is 4.98 Å². The van der Waals surface area contributed by atoms with Gasteiger partial charge in [0.25, 0.3) is 0 Å². The van der Waals surface area contributed by atoms with E-state index in [0.717, 1.165) is 5.69 Å². The minimum Gasteiger partial charge on any atom is -0.475 e. The van der Waals surface area contributed by atoms with E-state index in [1.54, 1.807) is 6.07 Å². The number of aryl methyl sites for hydroxylation is 1. The quantitative estimate of drug-likeness (QED) is 0.712. The Morgan fingerprint density at radius 1 is 1.31 bits per heavy atom. The Labute approximate surface area is 77.9 Å². The van der Waals surface area contributed by atoms with Gasteiger partial charge in [-0.05, 0) is 20.8 Å². The molecule has 1 aromatic heterocycles. The van der Waals surface area contributed by atoms with Crippen molar-refractivity contribution in [1.29, 1.82) is 0 Å². The fourth-order valence-electron chi connectivity index (χ4n) is 0.907. The molecule has 13 heavy (non-hydrogen) atoms. The summed E-state index contributed by atoms with van der Waals surface area (Å²) >= 11 is 0. The summed E-state index contributed by atoms with van der Waals surface area (Å²) in [5, 5.41) is 0. The minimum absolute atomic E-state index is 0.110. The average Bonchev–Trinajstić information content (AvgIpc) is 2.01. The smallest absolute Gasteiger partial charge is 0.319 e. The van der Waals surface area contributed by atoms with Gasteiger partial charge in [-0.2, -0.15) is 4.98 Å². The lowest BCUT2D eigenvalue weighted by atomic mass is 10.4. The first-order valence-corrected chi connectivity index (χ1v) is 4.18. The van der Waals surface area contributed by atoms with Gasteiger partial charge < -0.3 is 9.47 Å². The molecule has 0 spiro atoms. The normalized spacial score (nSPS) is 10.2. The Hall–Kier alpha value is -1.32. The summed E-state index contributed by atoms with van der Waals surface area (Å²) in [6.07, 6.45) is 0.110. The number of hydrogen-bond donors (Lipinski definition) is 0. The molecule has 1 heterocycles. The highest BCUT2D eigenvalue weighted by molar-refractivity contribution is 5.17. The molecule has 0 amide bonds. The number of methoxy groups -OCH3 is 1. The number of rotatable bonds is 3. The molecule has 0 fully saturated rings. The maximum absolute atomic E-state index is 5.41. The zero-order valence-electron chi connectivity index (χ0n) is 8.37. The molecule has 0 saturated heterocycles. The second-order valence-electron chi connectivity index (χ2n) is 3.00. The molecule has 0 aromatic carbocycles. The fourth-order valence-corrected chi connectivity index (χ4v) is 0.907. The third-order valence-electron chi connectivity index (χ3n) is 1.35. The van der Waals surface area contributed by atoms with Crippen LogP contribution in [-0.4, -0.2) is 23.2 Å². The summed E-state index contributed by atoms with van der Waals surface area (Å²) in [5.41, 5.74) is 0.836. The Bertz CT molecular complexity index is 287. The molecule has 0 unspecified atom stereocenters. The molecule has 0 radical (unpaired) electrons. The Morgan fingerprint density at radius 3 is 2.54 bits per heavy atom. The van der Waals surface area contributed by atoms with Crippen molar-refractivity contribution in [3.8, 4) is 11.9 Å². The molecule has 4 heteroatoms. The highest BCUT2D eigenvalue weighted by Crippen LogP contribution is 2.14. The maximum Gasteiger partial charge on any atom is 0.319 e. The van der Waals surface area contributed by atoms with E-state index in [2.05, 4.69) is 9.97 Å². The summed E-state index contributed by atoms with van der Waals surface area (Å²) < 4.78 is 10.3. The van der Waals surface area contributed by atoms with Crippen LogP contribution in [0.4, 0.5) is 0 Å². The third kappa shape index (κ3) is 2.89. The van der Waals surface area contributed by atoms with Gasteiger partial charge in [0.15, 0.2) is 0 Å². The van der Waals surface area contributed by atoms with Crippen LogP contribution in [0.5, 0.6) is 11.9 Å². The van der Waals surface area contributed by atoms with Gasteiger partial charge in [-0.15, -0.1) is 0 Å². The van der Waals surface area contributed by atoms with Gasteiger partial charge in [0.05, 0.1) is 13.2 Å². The third-order valence-corrected chi connectivity index (χ3v) is 1.35. The van der Waals surface area contributed by atoms with Crippen molar-refractivity contribution in [2.45, 2.75) is 26.9 Å². The van der Waals surface area contributed by atoms with E-state index < -0.39 is 0 Å². The molecule has 0 aliphatic rings. The van der Waals surface area contributed by atoms with Crippen molar-refractivity contribution in [3.05, 3.63) is 11.8 Å². The second kappa shape index (κ2) is 4.07. The molecule has 0 aliphatic carbocycles. The van der Waals surface area contributed by atoms with Crippen LogP contribution in [0, 0.1) is 6.92 Å². The highest BCUT2D eigenvalue weighted by atomic mass is 16.5. The molecule has 72 valence electrons. The van der Waals surface area contributed by atoms with Crippen LogP contribution in [0.1, 0.15) is 19.5 Å². The maximum atomic E-state index is 5.41. The largest absolute Gasteiger partial charge is 0.475 e. The summed E-state index contributed by atoms with van der Waals surface area (Å²) in [5.74, 6) is 0.555. The van der Waals surface area contributed by atoms with Crippen LogP contribution < -0.4 is 9.47 Å². The first-order valence-electron chi connectivity index (χ1n) is 4.18. The minimum atomic E-state index is 0.110. The standard InChI is InChI=1S/C9H14N2O2/c1-6(2)13-8-5-7(3)10-9(11-8)12-4/h5-6H,1-4H3. The van der Waals surface area contributed by atoms with Gasteiger partial charge in [0.2, 0.25) is 5.88 Å². The van der Waals surface area contributed by atoms with Gasteiger partial charge >= 0.3 is 6.01 Å². The van der Waals surface area contributed by atoms with Crippen molar-refractivity contribution in [2.75, 3.05) is 7.11 Å². The average molecular weight is 182 g/mol. The second-order valence-corrected chi connectivity index (χ2v) is 3.00. The molecule has 0 saturated carbocycles. The molecule has 0 atom stereocenters. The van der Waals surface area contributed by atoms with Gasteiger partial charge in [-0.1, -0.05) is 0 Å². The van der Waals surface area contributed by atoms with E-state index in [1.165, 1.54) is 7.11 Å². The molecule has 1 aromatic rings. The summed E-state index contributed by atoms with van der Waals surface area (Å²) in [7, 11) is 1.54. The van der Waals surface area contributed by atoms with E-state index in [4.69, 9.17) is 9.47 Å². The highest BCUT2D eigenvalue weighted by Gasteiger charge is 2.04.